The van der Waals surface area contributed by atoms with E-state index >= 15 is 0 Å². The van der Waals surface area contributed by atoms with E-state index in [2.05, 4.69) is 31.2 Å². The summed E-state index contributed by atoms with van der Waals surface area (Å²) in [7, 11) is 0. The lowest BCUT2D eigenvalue weighted by atomic mass is 9.79. The number of ether oxygens (including phenoxy) is 2. The van der Waals surface area contributed by atoms with Crippen LogP contribution in [0.2, 0.25) is 0 Å². The molecule has 5 nitrogen and oxygen atoms in total. The van der Waals surface area contributed by atoms with Gasteiger partial charge in [0.1, 0.15) is 0 Å². The molecule has 0 spiro atoms. The standard InChI is InChI=1S/C32H51NO4/c1-4-6-7-8-9-10-11-12-13-14-18-21-29(34)36-25(3)37-32(35)33(5-2)31-28-23-22-27(24-28)30(31)26-19-16-15-17-20-26/h15-17,19-20,25,27-28,30-31H,4-14,18,21-24H2,1-3H3. The van der Waals surface area contributed by atoms with Crippen LogP contribution >= 0.6 is 0 Å². The summed E-state index contributed by atoms with van der Waals surface area (Å²) >= 11 is 0. The SMILES string of the molecule is CCCCCCCCCCCCCC(=O)OC(C)OC(=O)N(CC)C1C2CCC(C2)C1c1ccccc1. The Hall–Kier alpha value is -2.04. The molecule has 37 heavy (non-hydrogen) atoms. The van der Waals surface area contributed by atoms with Gasteiger partial charge in [-0.25, -0.2) is 4.79 Å². The molecule has 0 saturated heterocycles. The molecule has 5 unspecified atom stereocenters. The van der Waals surface area contributed by atoms with E-state index in [9.17, 15) is 9.59 Å². The van der Waals surface area contributed by atoms with Crippen molar-refractivity contribution in [3.05, 3.63) is 35.9 Å². The van der Waals surface area contributed by atoms with Gasteiger partial charge in [-0.05, 0) is 50.0 Å². The highest BCUT2D eigenvalue weighted by Crippen LogP contribution is 2.55. The van der Waals surface area contributed by atoms with Gasteiger partial charge in [0.2, 0.25) is 6.29 Å². The van der Waals surface area contributed by atoms with E-state index in [-0.39, 0.29) is 18.1 Å². The van der Waals surface area contributed by atoms with Crippen LogP contribution in [-0.4, -0.2) is 35.8 Å². The molecule has 5 heteroatoms. The predicted octanol–water partition coefficient (Wildman–Crippen LogP) is 8.62. The maximum atomic E-state index is 13.2. The van der Waals surface area contributed by atoms with Gasteiger partial charge in [0.25, 0.3) is 0 Å². The fourth-order valence-corrected chi connectivity index (χ4v) is 6.73. The molecule has 2 saturated carbocycles. The average Bonchev–Trinajstić information content (AvgIpc) is 3.50. The molecular weight excluding hydrogens is 462 g/mol. The first kappa shape index (κ1) is 29.5. The van der Waals surface area contributed by atoms with Crippen LogP contribution in [0.4, 0.5) is 4.79 Å². The molecule has 3 rings (SSSR count). The number of rotatable bonds is 17. The molecule has 0 aliphatic heterocycles. The van der Waals surface area contributed by atoms with E-state index < -0.39 is 6.29 Å². The van der Waals surface area contributed by atoms with Crippen molar-refractivity contribution in [3.8, 4) is 0 Å². The van der Waals surface area contributed by atoms with Crippen LogP contribution in [0, 0.1) is 11.8 Å². The van der Waals surface area contributed by atoms with Crippen molar-refractivity contribution in [2.75, 3.05) is 6.54 Å². The summed E-state index contributed by atoms with van der Waals surface area (Å²) < 4.78 is 11.1. The molecule has 208 valence electrons. The molecule has 0 N–H and O–H groups in total. The highest BCUT2D eigenvalue weighted by molar-refractivity contribution is 5.71. The third-order valence-electron chi connectivity index (χ3n) is 8.54. The summed E-state index contributed by atoms with van der Waals surface area (Å²) in [4.78, 5) is 27.4. The maximum Gasteiger partial charge on any atom is 0.413 e. The van der Waals surface area contributed by atoms with Crippen LogP contribution in [0.15, 0.2) is 30.3 Å². The number of hydrogen-bond acceptors (Lipinski definition) is 4. The first-order valence-electron chi connectivity index (χ1n) is 15.3. The number of unbranched alkanes of at least 4 members (excludes halogenated alkanes) is 10. The van der Waals surface area contributed by atoms with Gasteiger partial charge in [-0.1, -0.05) is 101 Å². The summed E-state index contributed by atoms with van der Waals surface area (Å²) in [6, 6.07) is 10.8. The molecule has 1 aromatic carbocycles. The van der Waals surface area contributed by atoms with Crippen molar-refractivity contribution in [2.45, 2.75) is 135 Å². The number of fused-ring (bicyclic) bond motifs is 2. The van der Waals surface area contributed by atoms with Crippen molar-refractivity contribution in [3.63, 3.8) is 0 Å². The largest absolute Gasteiger partial charge is 0.425 e. The summed E-state index contributed by atoms with van der Waals surface area (Å²) in [6.07, 6.45) is 16.4. The predicted molar refractivity (Wildman–Crippen MR) is 149 cm³/mol. The summed E-state index contributed by atoms with van der Waals surface area (Å²) in [5.41, 5.74) is 1.32. The molecular formula is C32H51NO4. The van der Waals surface area contributed by atoms with E-state index in [1.807, 2.05) is 17.9 Å². The van der Waals surface area contributed by atoms with Crippen LogP contribution in [0.1, 0.15) is 129 Å². The second kappa shape index (κ2) is 16.0. The van der Waals surface area contributed by atoms with Crippen molar-refractivity contribution >= 4 is 12.1 Å². The number of likely N-dealkylation sites (N-methyl/N-ethyl adjacent to an activating group) is 1. The maximum absolute atomic E-state index is 13.2. The van der Waals surface area contributed by atoms with E-state index in [0.717, 1.165) is 12.8 Å². The lowest BCUT2D eigenvalue weighted by Gasteiger charge is -2.39. The van der Waals surface area contributed by atoms with Crippen LogP contribution < -0.4 is 0 Å². The lowest BCUT2D eigenvalue weighted by Crippen LogP contribution is -2.47. The van der Waals surface area contributed by atoms with E-state index in [4.69, 9.17) is 9.47 Å². The molecule has 2 fully saturated rings. The smallest absolute Gasteiger partial charge is 0.413 e. The van der Waals surface area contributed by atoms with E-state index in [0.29, 0.717) is 30.7 Å². The number of esters is 1. The van der Waals surface area contributed by atoms with E-state index in [1.165, 1.54) is 82.6 Å². The zero-order valence-corrected chi connectivity index (χ0v) is 23.7. The Balaban J connectivity index is 1.34. The normalized spacial score (nSPS) is 23.1. The molecule has 0 aromatic heterocycles. The summed E-state index contributed by atoms with van der Waals surface area (Å²) in [5, 5.41) is 0. The van der Waals surface area contributed by atoms with Crippen molar-refractivity contribution in [2.24, 2.45) is 11.8 Å². The van der Waals surface area contributed by atoms with Crippen molar-refractivity contribution in [1.29, 1.82) is 0 Å². The number of carbonyl (C=O) groups excluding carboxylic acids is 2. The third-order valence-corrected chi connectivity index (χ3v) is 8.54. The second-order valence-corrected chi connectivity index (χ2v) is 11.3. The fourth-order valence-electron chi connectivity index (χ4n) is 6.73. The van der Waals surface area contributed by atoms with Gasteiger partial charge in [0.15, 0.2) is 0 Å². The van der Waals surface area contributed by atoms with Gasteiger partial charge >= 0.3 is 12.1 Å². The summed E-state index contributed by atoms with van der Waals surface area (Å²) in [6.45, 7) is 6.51. The first-order valence-corrected chi connectivity index (χ1v) is 15.3. The number of nitrogens with zero attached hydrogens (tertiary/aromatic N) is 1. The molecule has 5 atom stereocenters. The van der Waals surface area contributed by atoms with Gasteiger partial charge < -0.3 is 14.4 Å². The zero-order valence-electron chi connectivity index (χ0n) is 23.7. The Morgan fingerprint density at radius 3 is 2.05 bits per heavy atom. The fraction of sp³-hybridized carbons (Fsp3) is 0.750. The van der Waals surface area contributed by atoms with Crippen LogP contribution in [0.5, 0.6) is 0 Å². The second-order valence-electron chi connectivity index (χ2n) is 11.3. The number of carbonyl (C=O) groups is 2. The minimum absolute atomic E-state index is 0.151. The minimum Gasteiger partial charge on any atom is -0.425 e. The van der Waals surface area contributed by atoms with Gasteiger partial charge in [-0.2, -0.15) is 0 Å². The first-order chi connectivity index (χ1) is 18.0. The highest BCUT2D eigenvalue weighted by Gasteiger charge is 2.51. The number of benzene rings is 1. The minimum atomic E-state index is -0.865. The Labute approximate surface area is 225 Å². The van der Waals surface area contributed by atoms with Crippen molar-refractivity contribution < 1.29 is 19.1 Å². The quantitative estimate of drug-likeness (QED) is 0.119. The molecule has 2 aliphatic rings. The van der Waals surface area contributed by atoms with Crippen LogP contribution in [0.3, 0.4) is 0 Å². The average molecular weight is 514 g/mol. The molecule has 2 bridgehead atoms. The highest BCUT2D eigenvalue weighted by atomic mass is 16.7. The lowest BCUT2D eigenvalue weighted by molar-refractivity contribution is -0.166. The summed E-state index contributed by atoms with van der Waals surface area (Å²) in [5.74, 6) is 1.22. The zero-order chi connectivity index (χ0) is 26.5. The van der Waals surface area contributed by atoms with Crippen molar-refractivity contribution in [1.82, 2.24) is 4.90 Å². The van der Waals surface area contributed by atoms with Crippen LogP contribution in [-0.2, 0) is 14.3 Å². The Morgan fingerprint density at radius 2 is 1.43 bits per heavy atom. The Bertz CT molecular complexity index is 797. The molecule has 1 aromatic rings. The van der Waals surface area contributed by atoms with Gasteiger partial charge in [0.05, 0.1) is 0 Å². The molecule has 0 radical (unpaired) electrons. The topological polar surface area (TPSA) is 55.8 Å². The van der Waals surface area contributed by atoms with E-state index in [1.54, 1.807) is 6.92 Å². The number of amides is 1. The van der Waals surface area contributed by atoms with Crippen LogP contribution in [0.25, 0.3) is 0 Å². The van der Waals surface area contributed by atoms with Gasteiger partial charge in [0, 0.05) is 31.8 Å². The monoisotopic (exact) mass is 513 g/mol. The molecule has 0 heterocycles. The Kier molecular flexibility index (Phi) is 12.8. The van der Waals surface area contributed by atoms with Gasteiger partial charge in [-0.3, -0.25) is 4.79 Å². The van der Waals surface area contributed by atoms with Gasteiger partial charge in [-0.15, -0.1) is 0 Å². The number of hydrogen-bond donors (Lipinski definition) is 0. The molecule has 2 aliphatic carbocycles. The third kappa shape index (κ3) is 9.04. The molecule has 1 amide bonds. The Morgan fingerprint density at radius 1 is 0.838 bits per heavy atom.